The number of rotatable bonds is 21. The first-order valence-electron chi connectivity index (χ1n) is 37.3. The Bertz CT molecular complexity index is 4010. The monoisotopic (exact) mass is 1610 g/mol. The number of alkyl halides is 1. The van der Waals surface area contributed by atoms with Crippen LogP contribution in [0.4, 0.5) is 4.39 Å². The standard InChI is InChI=1S/C78H101FIN13O15/c1-48(95)42-84-74(103)70-65-30-36-92(70)75(104)62-40-55-45-91(64-26-23-56(79)41-58(55)64)34-10-6-7-15-59(54-21-17-50(18-22-54)29-33-81-77(106)78(3)31-12-35-93(78)76(105)61(85-47-94)38-51-19-24-57(107-4)25-20-51)87-68(98)28-27-67(97)86-49(2)71(100)90-63(44-83-66(96)16-8-5-9-32-80)73(102)88-60(72(101)89-62)39-52-13-11-14-53(37-52)43-82-69(99)46-108-65/h11,13-14,17-26,37,41,45,47-49,59-63,65,70,95H,5-10,12,15-16,27-36,38-40,42-44,46H2,1-4H3,(H,81,106)(H,82,99)(H,83,96)(H,84,103)(H,85,94)(H,86,97)(H,87,98)(H,88,102)(H,89,101)(H,90,100)/t48-,49+,59-,60+,61+,62+,63-,65+,70+,78+/m1/s1. The average Bonchev–Trinajstić information content (AvgIpc) is 1.61. The number of halogens is 2. The highest BCUT2D eigenvalue weighted by Gasteiger charge is 2.48. The quantitative estimate of drug-likeness (QED) is 0.0217. The number of nitrogens with zero attached hydrogens (tertiary/aromatic N) is 3. The number of benzene rings is 4. The van der Waals surface area contributed by atoms with Crippen molar-refractivity contribution in [2.24, 2.45) is 0 Å². The van der Waals surface area contributed by atoms with Gasteiger partial charge in [-0.1, -0.05) is 103 Å². The number of unbranched alkanes of at least 4 members (excludes halogenated alkanes) is 2. The van der Waals surface area contributed by atoms with Gasteiger partial charge in [-0.25, -0.2) is 4.39 Å². The first-order valence-corrected chi connectivity index (χ1v) is 38.8. The van der Waals surface area contributed by atoms with Gasteiger partial charge in [0.25, 0.3) is 0 Å². The van der Waals surface area contributed by atoms with Gasteiger partial charge >= 0.3 is 0 Å². The summed E-state index contributed by atoms with van der Waals surface area (Å²) in [6, 6.07) is 17.0. The lowest BCUT2D eigenvalue weighted by atomic mass is 9.95. The van der Waals surface area contributed by atoms with Gasteiger partial charge in [-0.2, -0.15) is 0 Å². The van der Waals surface area contributed by atoms with Crippen molar-refractivity contribution in [3.8, 4) is 5.75 Å². The summed E-state index contributed by atoms with van der Waals surface area (Å²) in [6.45, 7) is 4.31. The highest BCUT2D eigenvalue weighted by atomic mass is 127. The van der Waals surface area contributed by atoms with Crippen molar-refractivity contribution in [3.63, 3.8) is 0 Å². The molecule has 4 aromatic carbocycles. The Kier molecular flexibility index (Phi) is 30.6. The Hall–Kier alpha value is -9.56. The Morgan fingerprint density at radius 2 is 1.50 bits per heavy atom. The Labute approximate surface area is 641 Å². The zero-order chi connectivity index (χ0) is 77.4. The summed E-state index contributed by atoms with van der Waals surface area (Å²) in [6.07, 6.45) is 5.36. The van der Waals surface area contributed by atoms with Crippen molar-refractivity contribution in [2.75, 3.05) is 50.9 Å². The predicted octanol–water partition coefficient (Wildman–Crippen LogP) is 3.37. The van der Waals surface area contributed by atoms with Crippen molar-refractivity contribution < 1.29 is 76.5 Å². The van der Waals surface area contributed by atoms with E-state index in [1.165, 1.54) is 30.9 Å². The third kappa shape index (κ3) is 23.0. The van der Waals surface area contributed by atoms with Gasteiger partial charge in [0.05, 0.1) is 25.4 Å². The fourth-order valence-corrected chi connectivity index (χ4v) is 14.8. The molecule has 12 amide bonds. The van der Waals surface area contributed by atoms with Gasteiger partial charge in [-0.3, -0.25) is 57.5 Å². The van der Waals surface area contributed by atoms with Crippen molar-refractivity contribution in [1.82, 2.24) is 67.5 Å². The van der Waals surface area contributed by atoms with Crippen molar-refractivity contribution in [2.45, 2.75) is 203 Å². The zero-order valence-electron chi connectivity index (χ0n) is 61.7. The molecular formula is C78H101FIN13O15. The van der Waals surface area contributed by atoms with Crippen molar-refractivity contribution in [3.05, 3.63) is 136 Å². The minimum absolute atomic E-state index is 0.00870. The topological polar surface area (TPSA) is 375 Å². The Morgan fingerprint density at radius 1 is 0.759 bits per heavy atom. The number of aliphatic hydroxyl groups excluding tert-OH is 1. The fourth-order valence-electron chi connectivity index (χ4n) is 14.3. The summed E-state index contributed by atoms with van der Waals surface area (Å²) in [5.74, 6) is -6.86. The van der Waals surface area contributed by atoms with Crippen LogP contribution in [0.5, 0.6) is 5.75 Å². The van der Waals surface area contributed by atoms with Crippen LogP contribution >= 0.6 is 22.6 Å². The normalized spacial score (nSPS) is 23.1. The number of likely N-dealkylation sites (tertiary alicyclic amines) is 1. The van der Waals surface area contributed by atoms with Crippen LogP contribution in [0.2, 0.25) is 0 Å². The summed E-state index contributed by atoms with van der Waals surface area (Å²) >= 11 is 2.25. The van der Waals surface area contributed by atoms with Crippen LogP contribution in [-0.4, -0.2) is 196 Å². The molecule has 2 fully saturated rings. The molecule has 28 nitrogen and oxygen atoms in total. The fraction of sp³-hybridized carbons (Fsp3) is 0.513. The van der Waals surface area contributed by atoms with E-state index in [4.69, 9.17) is 9.47 Å². The van der Waals surface area contributed by atoms with E-state index in [1.54, 1.807) is 67.6 Å². The van der Waals surface area contributed by atoms with Gasteiger partial charge in [0, 0.05) is 101 Å². The molecule has 0 radical (unpaired) electrons. The molecule has 5 heterocycles. The second-order valence-corrected chi connectivity index (χ2v) is 29.6. The van der Waals surface area contributed by atoms with Crippen LogP contribution in [0.25, 0.3) is 10.9 Å². The van der Waals surface area contributed by atoms with Gasteiger partial charge in [0.15, 0.2) is 0 Å². The number of aromatic nitrogens is 1. The SMILES string of the molecule is COc1ccc(C[C@H](NC=O)C(=O)N2CCC[C@@]2(C)C(=O)NCCc2ccc([C@H]3CCCCCn4cc(c5cc(F)ccc54)C[C@@H]4NC(=O)[C@H](Cc5cccc(c5)CNC(=O)CO[C@H]5CCN(C4=O)[C@@H]5C(=O)NC[C@@H](C)O)NC(=O)[C@@H](CNC(=O)CCCCCI)NC(=O)[C@H](C)NC(=O)CCC(=O)N3)cc2)cc1. The molecule has 4 aliphatic heterocycles. The lowest BCUT2D eigenvalue weighted by molar-refractivity contribution is -0.145. The summed E-state index contributed by atoms with van der Waals surface area (Å²) in [7, 11) is 1.55. The number of amides is 12. The number of methoxy groups -OCH3 is 1. The van der Waals surface area contributed by atoms with Crippen molar-refractivity contribution >= 4 is 105 Å². The summed E-state index contributed by atoms with van der Waals surface area (Å²) in [4.78, 5) is 172. The second kappa shape index (κ2) is 40.0. The minimum Gasteiger partial charge on any atom is -0.497 e. The molecule has 0 aliphatic carbocycles. The third-order valence-electron chi connectivity index (χ3n) is 20.3. The number of aryl methyl sites for hydroxylation is 1. The largest absolute Gasteiger partial charge is 0.497 e. The molecule has 4 aliphatic rings. The van der Waals surface area contributed by atoms with E-state index in [1.807, 2.05) is 41.0 Å². The molecule has 1 aromatic heterocycles. The number of ether oxygens (including phenoxy) is 2. The summed E-state index contributed by atoms with van der Waals surface area (Å²) in [5, 5.41) is 38.7. The van der Waals surface area contributed by atoms with Crippen LogP contribution in [0.1, 0.15) is 144 Å². The number of hydrogen-bond acceptors (Lipinski definition) is 15. The minimum atomic E-state index is -1.58. The molecule has 9 rings (SSSR count). The molecule has 5 aromatic rings. The first-order chi connectivity index (χ1) is 51.9. The van der Waals surface area contributed by atoms with Gasteiger partial charge in [0.1, 0.15) is 60.0 Å². The number of carbonyl (C=O) groups is 12. The molecule has 8 bridgehead atoms. The summed E-state index contributed by atoms with van der Waals surface area (Å²) in [5.41, 5.74) is 3.38. The second-order valence-electron chi connectivity index (χ2n) is 28.5. The van der Waals surface area contributed by atoms with E-state index in [0.717, 1.165) is 34.0 Å². The maximum Gasteiger partial charge on any atom is 0.246 e. The molecule has 0 spiro atoms. The van der Waals surface area contributed by atoms with Gasteiger partial charge in [-0.15, -0.1) is 0 Å². The molecule has 30 heteroatoms. The first kappa shape index (κ1) is 82.5. The molecule has 108 heavy (non-hydrogen) atoms. The molecule has 2 saturated heterocycles. The van der Waals surface area contributed by atoms with Crippen LogP contribution < -0.4 is 57.9 Å². The van der Waals surface area contributed by atoms with Gasteiger partial charge in [-0.05, 0) is 140 Å². The maximum absolute atomic E-state index is 15.7. The molecular weight excluding hydrogens is 1500 g/mol. The molecule has 0 unspecified atom stereocenters. The van der Waals surface area contributed by atoms with E-state index >= 15 is 14.0 Å². The third-order valence-corrected chi connectivity index (χ3v) is 21.1. The number of nitrogens with one attached hydrogen (secondary N) is 10. The Morgan fingerprint density at radius 3 is 2.24 bits per heavy atom. The van der Waals surface area contributed by atoms with E-state index < -0.39 is 132 Å². The lowest BCUT2D eigenvalue weighted by Crippen LogP contribution is -2.61. The summed E-state index contributed by atoms with van der Waals surface area (Å²) < 4.78 is 29.9. The van der Waals surface area contributed by atoms with E-state index in [2.05, 4.69) is 75.8 Å². The van der Waals surface area contributed by atoms with E-state index in [9.17, 15) is 53.1 Å². The zero-order valence-corrected chi connectivity index (χ0v) is 63.8. The number of aliphatic hydroxyl groups is 1. The van der Waals surface area contributed by atoms with Crippen LogP contribution in [-0.2, 0) is 101 Å². The van der Waals surface area contributed by atoms with Crippen LogP contribution in [0, 0.1) is 5.82 Å². The molecule has 582 valence electrons. The smallest absolute Gasteiger partial charge is 0.246 e. The molecule has 0 saturated carbocycles. The lowest BCUT2D eigenvalue weighted by Gasteiger charge is -2.36. The molecule has 10 atom stereocenters. The maximum atomic E-state index is 15.7. The van der Waals surface area contributed by atoms with Crippen LogP contribution in [0.15, 0.2) is 97.2 Å². The van der Waals surface area contributed by atoms with Gasteiger partial charge in [0.2, 0.25) is 71.4 Å². The van der Waals surface area contributed by atoms with Gasteiger partial charge < -0.3 is 82.1 Å². The number of hydrogen-bond donors (Lipinski definition) is 11. The number of fused-ring (bicyclic) bond motifs is 12. The Balaban J connectivity index is 0.987. The highest BCUT2D eigenvalue weighted by molar-refractivity contribution is 14.1. The molecule has 11 N–H and O–H groups in total. The highest BCUT2D eigenvalue weighted by Crippen LogP contribution is 2.32. The van der Waals surface area contributed by atoms with Crippen LogP contribution in [0.3, 0.4) is 0 Å². The van der Waals surface area contributed by atoms with E-state index in [0.29, 0.717) is 104 Å². The predicted molar refractivity (Wildman–Crippen MR) is 407 cm³/mol. The number of carbonyl (C=O) groups excluding carboxylic acids is 12. The van der Waals surface area contributed by atoms with Crippen molar-refractivity contribution in [1.29, 1.82) is 0 Å². The average molecular weight is 1610 g/mol. The van der Waals surface area contributed by atoms with E-state index in [-0.39, 0.29) is 82.9 Å².